The summed E-state index contributed by atoms with van der Waals surface area (Å²) >= 11 is 0. The molecular weight excluding hydrogens is 292 g/mol. The molecule has 1 unspecified atom stereocenters. The lowest BCUT2D eigenvalue weighted by atomic mass is 9.99. The van der Waals surface area contributed by atoms with Crippen molar-refractivity contribution in [1.82, 2.24) is 15.5 Å². The normalized spacial score (nSPS) is 12.4. The van der Waals surface area contributed by atoms with Gasteiger partial charge in [-0.3, -0.25) is 4.79 Å². The number of hydrogen-bond acceptors (Lipinski definition) is 5. The molecule has 2 aromatic rings. The quantitative estimate of drug-likeness (QED) is 0.817. The third-order valence-electron chi connectivity index (χ3n) is 3.69. The van der Waals surface area contributed by atoms with Crippen molar-refractivity contribution in [3.63, 3.8) is 0 Å². The summed E-state index contributed by atoms with van der Waals surface area (Å²) in [5.74, 6) is 1.47. The van der Waals surface area contributed by atoms with Gasteiger partial charge in [-0.1, -0.05) is 43.3 Å². The smallest absolute Gasteiger partial charge is 0.227 e. The second kappa shape index (κ2) is 7.87. The molecule has 0 bridgehead atoms. The van der Waals surface area contributed by atoms with Crippen LogP contribution >= 0.6 is 0 Å². The van der Waals surface area contributed by atoms with Gasteiger partial charge in [0.2, 0.25) is 11.8 Å². The first kappa shape index (κ1) is 17.1. The third kappa shape index (κ3) is 5.17. The second-order valence-corrected chi connectivity index (χ2v) is 5.97. The monoisotopic (exact) mass is 316 g/mol. The van der Waals surface area contributed by atoms with Gasteiger partial charge in [-0.15, -0.1) is 0 Å². The highest BCUT2D eigenvalue weighted by molar-refractivity contribution is 5.76. The minimum absolute atomic E-state index is 0.0740. The van der Waals surface area contributed by atoms with Crippen LogP contribution in [0.5, 0.6) is 0 Å². The molecule has 6 heteroatoms. The van der Waals surface area contributed by atoms with Crippen LogP contribution in [-0.2, 0) is 11.2 Å². The van der Waals surface area contributed by atoms with Crippen LogP contribution < -0.4 is 11.1 Å². The molecule has 1 aromatic carbocycles. The SMILES string of the molecule is Cc1noc(CCC(=O)NCC(N)c2ccc(C(C)C)cc2)n1. The molecule has 0 fully saturated rings. The summed E-state index contributed by atoms with van der Waals surface area (Å²) in [6.45, 7) is 6.46. The number of carbonyl (C=O) groups excluding carboxylic acids is 1. The van der Waals surface area contributed by atoms with Gasteiger partial charge in [-0.25, -0.2) is 0 Å². The summed E-state index contributed by atoms with van der Waals surface area (Å²) in [6.07, 6.45) is 0.742. The number of nitrogens with zero attached hydrogens (tertiary/aromatic N) is 2. The van der Waals surface area contributed by atoms with Gasteiger partial charge in [-0.2, -0.15) is 4.98 Å². The molecule has 3 N–H and O–H groups in total. The van der Waals surface area contributed by atoms with Crippen molar-refractivity contribution in [3.8, 4) is 0 Å². The van der Waals surface area contributed by atoms with Crippen molar-refractivity contribution in [2.24, 2.45) is 5.73 Å². The highest BCUT2D eigenvalue weighted by Gasteiger charge is 2.11. The molecule has 0 saturated heterocycles. The molecular formula is C17H24N4O2. The molecule has 1 atom stereocenters. The zero-order chi connectivity index (χ0) is 16.8. The maximum absolute atomic E-state index is 11.8. The predicted molar refractivity (Wildman–Crippen MR) is 87.8 cm³/mol. The fourth-order valence-electron chi connectivity index (χ4n) is 2.22. The lowest BCUT2D eigenvalue weighted by Crippen LogP contribution is -2.32. The average molecular weight is 316 g/mol. The number of carbonyl (C=O) groups is 1. The minimum Gasteiger partial charge on any atom is -0.354 e. The minimum atomic E-state index is -0.217. The molecule has 0 spiro atoms. The van der Waals surface area contributed by atoms with E-state index in [1.54, 1.807) is 6.92 Å². The van der Waals surface area contributed by atoms with Crippen LogP contribution in [0.3, 0.4) is 0 Å². The summed E-state index contributed by atoms with van der Waals surface area (Å²) in [7, 11) is 0. The Morgan fingerprint density at radius 1 is 1.26 bits per heavy atom. The highest BCUT2D eigenvalue weighted by atomic mass is 16.5. The maximum atomic E-state index is 11.8. The summed E-state index contributed by atoms with van der Waals surface area (Å²) in [4.78, 5) is 15.9. The van der Waals surface area contributed by atoms with Gasteiger partial charge in [0.05, 0.1) is 0 Å². The van der Waals surface area contributed by atoms with E-state index >= 15 is 0 Å². The van der Waals surface area contributed by atoms with E-state index in [0.29, 0.717) is 37.0 Å². The molecule has 23 heavy (non-hydrogen) atoms. The lowest BCUT2D eigenvalue weighted by molar-refractivity contribution is -0.121. The molecule has 124 valence electrons. The molecule has 2 rings (SSSR count). The molecule has 0 saturated carbocycles. The van der Waals surface area contributed by atoms with Gasteiger partial charge < -0.3 is 15.6 Å². The van der Waals surface area contributed by atoms with Gasteiger partial charge >= 0.3 is 0 Å². The van der Waals surface area contributed by atoms with Crippen molar-refractivity contribution >= 4 is 5.91 Å². The second-order valence-electron chi connectivity index (χ2n) is 5.97. The van der Waals surface area contributed by atoms with Crippen LogP contribution in [0.4, 0.5) is 0 Å². The van der Waals surface area contributed by atoms with Crippen molar-refractivity contribution in [2.45, 2.75) is 45.6 Å². The predicted octanol–water partition coefficient (Wildman–Crippen LogP) is 2.25. The van der Waals surface area contributed by atoms with E-state index in [4.69, 9.17) is 10.3 Å². The number of benzene rings is 1. The summed E-state index contributed by atoms with van der Waals surface area (Å²) in [5.41, 5.74) is 8.42. The van der Waals surface area contributed by atoms with E-state index in [9.17, 15) is 4.79 Å². The number of aromatic nitrogens is 2. The first-order valence-corrected chi connectivity index (χ1v) is 7.87. The van der Waals surface area contributed by atoms with E-state index in [0.717, 1.165) is 5.56 Å². The lowest BCUT2D eigenvalue weighted by Gasteiger charge is -2.14. The first-order chi connectivity index (χ1) is 11.0. The molecule has 1 aromatic heterocycles. The molecule has 1 amide bonds. The van der Waals surface area contributed by atoms with E-state index in [1.807, 2.05) is 12.1 Å². The average Bonchev–Trinajstić information content (AvgIpc) is 2.96. The van der Waals surface area contributed by atoms with Crippen molar-refractivity contribution in [3.05, 3.63) is 47.1 Å². The number of nitrogens with two attached hydrogens (primary N) is 1. The van der Waals surface area contributed by atoms with Gasteiger partial charge in [0.15, 0.2) is 5.82 Å². The van der Waals surface area contributed by atoms with Crippen LogP contribution in [-0.4, -0.2) is 22.6 Å². The number of hydrogen-bond donors (Lipinski definition) is 2. The molecule has 6 nitrogen and oxygen atoms in total. The van der Waals surface area contributed by atoms with Crippen molar-refractivity contribution in [2.75, 3.05) is 6.54 Å². The van der Waals surface area contributed by atoms with Gasteiger partial charge in [0.25, 0.3) is 0 Å². The van der Waals surface area contributed by atoms with E-state index in [2.05, 4.69) is 41.4 Å². The zero-order valence-corrected chi connectivity index (χ0v) is 13.9. The van der Waals surface area contributed by atoms with Crippen LogP contribution in [0, 0.1) is 6.92 Å². The Bertz CT molecular complexity index is 634. The van der Waals surface area contributed by atoms with Gasteiger partial charge in [0, 0.05) is 25.4 Å². The Hall–Kier alpha value is -2.21. The van der Waals surface area contributed by atoms with Gasteiger partial charge in [0.1, 0.15) is 0 Å². The standard InChI is InChI=1S/C17H24N4O2/c1-11(2)13-4-6-14(7-5-13)15(18)10-19-16(22)8-9-17-20-12(3)21-23-17/h4-7,11,15H,8-10,18H2,1-3H3,(H,19,22). The summed E-state index contributed by atoms with van der Waals surface area (Å²) < 4.78 is 4.97. The Morgan fingerprint density at radius 2 is 1.91 bits per heavy atom. The fraction of sp³-hybridized carbons (Fsp3) is 0.471. The molecule has 0 aliphatic carbocycles. The number of amides is 1. The number of nitrogens with one attached hydrogen (secondary N) is 1. The zero-order valence-electron chi connectivity index (χ0n) is 13.9. The fourth-order valence-corrected chi connectivity index (χ4v) is 2.22. The Morgan fingerprint density at radius 3 is 2.48 bits per heavy atom. The molecule has 0 aliphatic rings. The Labute approximate surface area is 136 Å². The number of rotatable bonds is 7. The highest BCUT2D eigenvalue weighted by Crippen LogP contribution is 2.17. The third-order valence-corrected chi connectivity index (χ3v) is 3.69. The maximum Gasteiger partial charge on any atom is 0.227 e. The summed E-state index contributed by atoms with van der Waals surface area (Å²) in [6, 6.07) is 7.99. The van der Waals surface area contributed by atoms with Crippen molar-refractivity contribution < 1.29 is 9.32 Å². The van der Waals surface area contributed by atoms with E-state index in [-0.39, 0.29) is 11.9 Å². The van der Waals surface area contributed by atoms with E-state index in [1.165, 1.54) is 5.56 Å². The van der Waals surface area contributed by atoms with Crippen LogP contribution in [0.15, 0.2) is 28.8 Å². The van der Waals surface area contributed by atoms with Crippen LogP contribution in [0.2, 0.25) is 0 Å². The molecule has 1 heterocycles. The Balaban J connectivity index is 1.76. The molecule has 0 radical (unpaired) electrons. The molecule has 0 aliphatic heterocycles. The van der Waals surface area contributed by atoms with Crippen LogP contribution in [0.25, 0.3) is 0 Å². The van der Waals surface area contributed by atoms with Gasteiger partial charge in [-0.05, 0) is 24.0 Å². The van der Waals surface area contributed by atoms with Crippen LogP contribution in [0.1, 0.15) is 55.1 Å². The van der Waals surface area contributed by atoms with E-state index < -0.39 is 0 Å². The largest absolute Gasteiger partial charge is 0.354 e. The van der Waals surface area contributed by atoms with Crippen molar-refractivity contribution in [1.29, 1.82) is 0 Å². The topological polar surface area (TPSA) is 94.0 Å². The summed E-state index contributed by atoms with van der Waals surface area (Å²) in [5, 5.41) is 6.53. The number of aryl methyl sites for hydroxylation is 2. The first-order valence-electron chi connectivity index (χ1n) is 7.87. The Kier molecular flexibility index (Phi) is 5.87.